The summed E-state index contributed by atoms with van der Waals surface area (Å²) in [7, 11) is 0. The van der Waals surface area contributed by atoms with Crippen LogP contribution in [0.4, 0.5) is 0 Å². The fourth-order valence-corrected chi connectivity index (χ4v) is 2.58. The summed E-state index contributed by atoms with van der Waals surface area (Å²) in [6.07, 6.45) is 4.40. The average Bonchev–Trinajstić information content (AvgIpc) is 3.17. The average molecular weight is 261 g/mol. The lowest BCUT2D eigenvalue weighted by Gasteiger charge is -2.07. The van der Waals surface area contributed by atoms with E-state index in [-0.39, 0.29) is 6.61 Å². The number of benzene rings is 1. The van der Waals surface area contributed by atoms with E-state index in [1.165, 1.54) is 17.7 Å². The van der Waals surface area contributed by atoms with Gasteiger partial charge in [0.1, 0.15) is 5.69 Å². The molecule has 5 heteroatoms. The van der Waals surface area contributed by atoms with Crippen molar-refractivity contribution in [1.82, 2.24) is 15.0 Å². The number of nitrogens with zero attached hydrogens (tertiary/aromatic N) is 3. The second-order valence-electron chi connectivity index (χ2n) is 4.47. The van der Waals surface area contributed by atoms with Gasteiger partial charge in [-0.05, 0) is 37.3 Å². The van der Waals surface area contributed by atoms with Crippen LogP contribution in [0.5, 0.6) is 0 Å². The first-order valence-electron chi connectivity index (χ1n) is 6.03. The summed E-state index contributed by atoms with van der Waals surface area (Å²) in [5.74, 6) is 0.514. The first kappa shape index (κ1) is 11.7. The van der Waals surface area contributed by atoms with E-state index in [0.717, 1.165) is 11.4 Å². The van der Waals surface area contributed by atoms with Gasteiger partial charge >= 0.3 is 0 Å². The normalized spacial score (nSPS) is 15.0. The zero-order valence-corrected chi connectivity index (χ0v) is 11.0. The molecule has 0 saturated heterocycles. The molecule has 1 saturated carbocycles. The van der Waals surface area contributed by atoms with Crippen molar-refractivity contribution in [2.45, 2.75) is 30.3 Å². The number of rotatable bonds is 4. The van der Waals surface area contributed by atoms with Crippen LogP contribution in [0.3, 0.4) is 0 Å². The Bertz CT molecular complexity index is 563. The van der Waals surface area contributed by atoms with Crippen LogP contribution in [-0.4, -0.2) is 26.4 Å². The Morgan fingerprint density at radius 3 is 2.94 bits per heavy atom. The van der Waals surface area contributed by atoms with Crippen LogP contribution in [0.2, 0.25) is 0 Å². The molecule has 94 valence electrons. The van der Waals surface area contributed by atoms with E-state index in [9.17, 15) is 5.11 Å². The Morgan fingerprint density at radius 2 is 2.28 bits per heavy atom. The number of aromatic nitrogens is 3. The highest BCUT2D eigenvalue weighted by atomic mass is 32.2. The molecule has 0 spiro atoms. The monoisotopic (exact) mass is 261 g/mol. The van der Waals surface area contributed by atoms with Crippen LogP contribution in [0.1, 0.15) is 30.1 Å². The molecule has 1 aromatic heterocycles. The molecule has 1 heterocycles. The van der Waals surface area contributed by atoms with Crippen LogP contribution in [0.25, 0.3) is 5.69 Å². The van der Waals surface area contributed by atoms with Crippen molar-refractivity contribution in [3.8, 4) is 5.69 Å². The Kier molecular flexibility index (Phi) is 3.09. The summed E-state index contributed by atoms with van der Waals surface area (Å²) in [6, 6.07) is 8.24. The smallest absolute Gasteiger partial charge is 0.112 e. The molecule has 18 heavy (non-hydrogen) atoms. The van der Waals surface area contributed by atoms with Gasteiger partial charge in [0.25, 0.3) is 0 Å². The molecule has 1 N–H and O–H groups in total. The first-order chi connectivity index (χ1) is 8.83. The van der Waals surface area contributed by atoms with Gasteiger partial charge in [0.15, 0.2) is 0 Å². The molecule has 0 atom stereocenters. The molecule has 0 radical (unpaired) electrons. The first-order valence-corrected chi connectivity index (χ1v) is 7.25. The van der Waals surface area contributed by atoms with Crippen LogP contribution in [0.15, 0.2) is 29.2 Å². The van der Waals surface area contributed by atoms with Crippen molar-refractivity contribution in [2.75, 3.05) is 6.26 Å². The maximum atomic E-state index is 9.34. The third kappa shape index (κ3) is 2.04. The number of hydrogen-bond donors (Lipinski definition) is 1. The van der Waals surface area contributed by atoms with Gasteiger partial charge in [-0.2, -0.15) is 0 Å². The Morgan fingerprint density at radius 1 is 1.44 bits per heavy atom. The van der Waals surface area contributed by atoms with E-state index in [1.807, 2.05) is 16.8 Å². The molecule has 1 aromatic carbocycles. The number of aliphatic hydroxyl groups is 1. The maximum absolute atomic E-state index is 9.34. The predicted molar refractivity (Wildman–Crippen MR) is 71.0 cm³/mol. The topological polar surface area (TPSA) is 50.9 Å². The van der Waals surface area contributed by atoms with E-state index < -0.39 is 0 Å². The molecular formula is C13H15N3OS. The quantitative estimate of drug-likeness (QED) is 0.858. The molecule has 0 unspecified atom stereocenters. The summed E-state index contributed by atoms with van der Waals surface area (Å²) < 4.78 is 1.88. The lowest BCUT2D eigenvalue weighted by atomic mass is 10.2. The van der Waals surface area contributed by atoms with Gasteiger partial charge in [0, 0.05) is 10.8 Å². The van der Waals surface area contributed by atoms with Crippen molar-refractivity contribution >= 4 is 11.8 Å². The van der Waals surface area contributed by atoms with Crippen LogP contribution in [-0.2, 0) is 6.61 Å². The predicted octanol–water partition coefficient (Wildman–Crippen LogP) is 2.36. The number of aliphatic hydroxyl groups excluding tert-OH is 1. The summed E-state index contributed by atoms with van der Waals surface area (Å²) in [5, 5.41) is 17.6. The van der Waals surface area contributed by atoms with Crippen LogP contribution < -0.4 is 0 Å². The molecule has 2 aromatic rings. The third-order valence-electron chi connectivity index (χ3n) is 3.19. The molecule has 1 fully saturated rings. The van der Waals surface area contributed by atoms with Crippen LogP contribution >= 0.6 is 11.8 Å². The zero-order valence-electron chi connectivity index (χ0n) is 10.2. The van der Waals surface area contributed by atoms with Crippen molar-refractivity contribution in [3.63, 3.8) is 0 Å². The van der Waals surface area contributed by atoms with Crippen LogP contribution in [0, 0.1) is 0 Å². The highest BCUT2D eigenvalue weighted by Crippen LogP contribution is 2.42. The fourth-order valence-electron chi connectivity index (χ4n) is 2.13. The van der Waals surface area contributed by atoms with E-state index in [1.54, 1.807) is 11.8 Å². The third-order valence-corrected chi connectivity index (χ3v) is 3.92. The Balaban J connectivity index is 2.07. The van der Waals surface area contributed by atoms with Gasteiger partial charge in [-0.1, -0.05) is 11.3 Å². The van der Waals surface area contributed by atoms with E-state index in [4.69, 9.17) is 0 Å². The largest absolute Gasteiger partial charge is 0.390 e. The van der Waals surface area contributed by atoms with Gasteiger partial charge in [-0.3, -0.25) is 0 Å². The molecule has 1 aliphatic carbocycles. The lowest BCUT2D eigenvalue weighted by Crippen LogP contribution is -2.02. The molecule has 0 bridgehead atoms. The Labute approximate surface area is 110 Å². The SMILES string of the molecule is CSc1cccc(-n2nnc(CO)c2C2CC2)c1. The number of thioether (sulfide) groups is 1. The maximum Gasteiger partial charge on any atom is 0.112 e. The molecular weight excluding hydrogens is 246 g/mol. The lowest BCUT2D eigenvalue weighted by molar-refractivity contribution is 0.275. The molecule has 1 aliphatic rings. The van der Waals surface area contributed by atoms with Crippen molar-refractivity contribution < 1.29 is 5.11 Å². The Hall–Kier alpha value is -1.33. The second kappa shape index (κ2) is 4.74. The summed E-state index contributed by atoms with van der Waals surface area (Å²) >= 11 is 1.71. The molecule has 0 amide bonds. The van der Waals surface area contributed by atoms with Crippen molar-refractivity contribution in [1.29, 1.82) is 0 Å². The summed E-state index contributed by atoms with van der Waals surface area (Å²) in [6.45, 7) is -0.0337. The van der Waals surface area contributed by atoms with Gasteiger partial charge in [-0.15, -0.1) is 16.9 Å². The number of hydrogen-bond acceptors (Lipinski definition) is 4. The molecule has 0 aliphatic heterocycles. The van der Waals surface area contributed by atoms with Crippen molar-refractivity contribution in [2.24, 2.45) is 0 Å². The van der Waals surface area contributed by atoms with E-state index >= 15 is 0 Å². The molecule has 4 nitrogen and oxygen atoms in total. The standard InChI is InChI=1S/C13H15N3OS/c1-18-11-4-2-3-10(7-11)16-13(9-5-6-9)12(8-17)14-15-16/h2-4,7,9,17H,5-6,8H2,1H3. The minimum absolute atomic E-state index is 0.0337. The van der Waals surface area contributed by atoms with Gasteiger partial charge in [0.2, 0.25) is 0 Å². The van der Waals surface area contributed by atoms with E-state index in [2.05, 4.69) is 28.7 Å². The minimum atomic E-state index is -0.0337. The van der Waals surface area contributed by atoms with E-state index in [0.29, 0.717) is 11.6 Å². The highest BCUT2D eigenvalue weighted by molar-refractivity contribution is 7.98. The second-order valence-corrected chi connectivity index (χ2v) is 5.35. The minimum Gasteiger partial charge on any atom is -0.390 e. The van der Waals surface area contributed by atoms with Gasteiger partial charge in [0.05, 0.1) is 18.0 Å². The van der Waals surface area contributed by atoms with Crippen molar-refractivity contribution in [3.05, 3.63) is 35.7 Å². The summed E-state index contributed by atoms with van der Waals surface area (Å²) in [5.41, 5.74) is 2.82. The zero-order chi connectivity index (χ0) is 12.5. The highest BCUT2D eigenvalue weighted by Gasteiger charge is 2.31. The molecule has 3 rings (SSSR count). The van der Waals surface area contributed by atoms with Gasteiger partial charge < -0.3 is 5.11 Å². The fraction of sp³-hybridized carbons (Fsp3) is 0.385. The van der Waals surface area contributed by atoms with Gasteiger partial charge in [-0.25, -0.2) is 4.68 Å². The summed E-state index contributed by atoms with van der Waals surface area (Å²) in [4.78, 5) is 1.20.